The number of carbonyl (C=O) groups excluding carboxylic acids is 1. The van der Waals surface area contributed by atoms with Gasteiger partial charge in [-0.05, 0) is 41.8 Å². The monoisotopic (exact) mass is 363 g/mol. The van der Waals surface area contributed by atoms with Gasteiger partial charge in [-0.2, -0.15) is 0 Å². The van der Waals surface area contributed by atoms with Crippen LogP contribution in [0.15, 0.2) is 72.8 Å². The van der Waals surface area contributed by atoms with Gasteiger partial charge in [0.05, 0.1) is 6.10 Å². The maximum atomic E-state index is 11.9. The van der Waals surface area contributed by atoms with E-state index in [0.717, 1.165) is 22.8 Å². The first-order valence-corrected chi connectivity index (χ1v) is 9.27. The van der Waals surface area contributed by atoms with E-state index in [2.05, 4.69) is 17.4 Å². The number of carbonyl (C=O) groups is 1. The average molecular weight is 363 g/mol. The molecule has 0 bridgehead atoms. The van der Waals surface area contributed by atoms with Crippen LogP contribution in [0.25, 0.3) is 10.8 Å². The van der Waals surface area contributed by atoms with Gasteiger partial charge in [0.25, 0.3) is 5.91 Å². The third-order valence-electron chi connectivity index (χ3n) is 4.37. The summed E-state index contributed by atoms with van der Waals surface area (Å²) in [5, 5.41) is 5.11. The number of benzene rings is 3. The molecule has 27 heavy (non-hydrogen) atoms. The van der Waals surface area contributed by atoms with Crippen molar-refractivity contribution in [2.24, 2.45) is 0 Å². The van der Waals surface area contributed by atoms with Gasteiger partial charge >= 0.3 is 0 Å². The smallest absolute Gasteiger partial charge is 0.257 e. The zero-order valence-corrected chi connectivity index (χ0v) is 15.6. The Kier molecular flexibility index (Phi) is 6.83. The van der Waals surface area contributed by atoms with E-state index in [1.54, 1.807) is 0 Å². The molecule has 4 nitrogen and oxygen atoms in total. The van der Waals surface area contributed by atoms with Gasteiger partial charge in [-0.15, -0.1) is 0 Å². The van der Waals surface area contributed by atoms with E-state index in [9.17, 15) is 4.79 Å². The van der Waals surface area contributed by atoms with Crippen LogP contribution in [0.4, 0.5) is 0 Å². The highest BCUT2D eigenvalue weighted by Crippen LogP contribution is 2.20. The van der Waals surface area contributed by atoms with Crippen molar-refractivity contribution < 1.29 is 14.3 Å². The molecule has 0 fully saturated rings. The normalized spacial score (nSPS) is 11.9. The molecular weight excluding hydrogens is 338 g/mol. The molecule has 1 amide bonds. The largest absolute Gasteiger partial charge is 0.484 e. The summed E-state index contributed by atoms with van der Waals surface area (Å²) < 4.78 is 11.4. The average Bonchev–Trinajstić information content (AvgIpc) is 2.72. The Morgan fingerprint density at radius 3 is 2.52 bits per heavy atom. The Bertz CT molecular complexity index is 864. The molecule has 1 atom stereocenters. The quantitative estimate of drug-likeness (QED) is 0.569. The van der Waals surface area contributed by atoms with Crippen LogP contribution in [0.5, 0.6) is 5.75 Å². The summed E-state index contributed by atoms with van der Waals surface area (Å²) in [6.07, 6.45) is 0.817. The third kappa shape index (κ3) is 5.83. The van der Waals surface area contributed by atoms with Crippen molar-refractivity contribution >= 4 is 16.7 Å². The molecule has 140 valence electrons. The lowest BCUT2D eigenvalue weighted by Crippen LogP contribution is -2.30. The molecule has 0 aromatic heterocycles. The fraction of sp³-hybridized carbons (Fsp3) is 0.261. The zero-order chi connectivity index (χ0) is 18.9. The minimum absolute atomic E-state index is 0.0135. The van der Waals surface area contributed by atoms with Crippen LogP contribution < -0.4 is 10.1 Å². The lowest BCUT2D eigenvalue weighted by Gasteiger charge is -2.13. The van der Waals surface area contributed by atoms with Crippen LogP contribution in [0.2, 0.25) is 0 Å². The van der Waals surface area contributed by atoms with Gasteiger partial charge in [-0.1, -0.05) is 60.7 Å². The van der Waals surface area contributed by atoms with Crippen molar-refractivity contribution in [1.29, 1.82) is 0 Å². The van der Waals surface area contributed by atoms with Gasteiger partial charge in [0.2, 0.25) is 0 Å². The summed E-state index contributed by atoms with van der Waals surface area (Å²) in [4.78, 5) is 11.9. The van der Waals surface area contributed by atoms with Gasteiger partial charge in [-0.3, -0.25) is 4.79 Å². The van der Waals surface area contributed by atoms with Crippen molar-refractivity contribution in [2.75, 3.05) is 19.8 Å². The maximum absolute atomic E-state index is 11.9. The van der Waals surface area contributed by atoms with E-state index in [1.807, 2.05) is 67.6 Å². The fourth-order valence-corrected chi connectivity index (χ4v) is 2.84. The summed E-state index contributed by atoms with van der Waals surface area (Å²) in [6, 6.07) is 24.0. The molecule has 0 saturated carbocycles. The molecule has 0 heterocycles. The van der Waals surface area contributed by atoms with Crippen molar-refractivity contribution in [3.05, 3.63) is 78.4 Å². The van der Waals surface area contributed by atoms with Gasteiger partial charge < -0.3 is 14.8 Å². The van der Waals surface area contributed by atoms with E-state index in [-0.39, 0.29) is 18.6 Å². The van der Waals surface area contributed by atoms with Crippen LogP contribution in [-0.2, 0) is 9.53 Å². The molecule has 0 aliphatic carbocycles. The first-order valence-electron chi connectivity index (χ1n) is 9.27. The Labute approximate surface area is 160 Å². The molecule has 3 aromatic carbocycles. The highest BCUT2D eigenvalue weighted by molar-refractivity contribution is 5.84. The molecule has 3 rings (SSSR count). The molecule has 1 N–H and O–H groups in total. The molecule has 0 radical (unpaired) electrons. The molecule has 0 spiro atoms. The van der Waals surface area contributed by atoms with Gasteiger partial charge in [-0.25, -0.2) is 0 Å². The number of hydrogen-bond acceptors (Lipinski definition) is 3. The summed E-state index contributed by atoms with van der Waals surface area (Å²) in [5.41, 5.74) is 1.16. The Morgan fingerprint density at radius 2 is 1.70 bits per heavy atom. The lowest BCUT2D eigenvalue weighted by molar-refractivity contribution is -0.123. The minimum atomic E-state index is -0.126. The molecule has 1 unspecified atom stereocenters. The Hall–Kier alpha value is -2.85. The molecule has 0 aliphatic heterocycles. The lowest BCUT2D eigenvalue weighted by atomic mass is 10.1. The topological polar surface area (TPSA) is 47.6 Å². The summed E-state index contributed by atoms with van der Waals surface area (Å²) in [5.74, 6) is 0.572. The van der Waals surface area contributed by atoms with E-state index >= 15 is 0 Å². The van der Waals surface area contributed by atoms with Crippen LogP contribution in [0, 0.1) is 0 Å². The van der Waals surface area contributed by atoms with E-state index < -0.39 is 0 Å². The Balaban J connectivity index is 1.32. The van der Waals surface area contributed by atoms with E-state index in [4.69, 9.17) is 9.47 Å². The number of fused-ring (bicyclic) bond motifs is 1. The van der Waals surface area contributed by atoms with Gasteiger partial charge in [0, 0.05) is 13.2 Å². The van der Waals surface area contributed by atoms with Crippen molar-refractivity contribution in [2.45, 2.75) is 19.4 Å². The summed E-state index contributed by atoms with van der Waals surface area (Å²) in [7, 11) is 0. The van der Waals surface area contributed by atoms with Crippen molar-refractivity contribution in [3.63, 3.8) is 0 Å². The first-order chi connectivity index (χ1) is 13.2. The number of ether oxygens (including phenoxy) is 2. The number of amides is 1. The Morgan fingerprint density at radius 1 is 0.963 bits per heavy atom. The zero-order valence-electron chi connectivity index (χ0n) is 15.6. The molecule has 3 aromatic rings. The fourth-order valence-electron chi connectivity index (χ4n) is 2.84. The molecular formula is C23H25NO3. The van der Waals surface area contributed by atoms with Crippen LogP contribution in [0.3, 0.4) is 0 Å². The van der Waals surface area contributed by atoms with Crippen LogP contribution in [-0.4, -0.2) is 25.7 Å². The number of rotatable bonds is 9. The van der Waals surface area contributed by atoms with Crippen molar-refractivity contribution in [3.8, 4) is 5.75 Å². The predicted molar refractivity (Wildman–Crippen MR) is 108 cm³/mol. The second-order valence-corrected chi connectivity index (χ2v) is 6.42. The SMILES string of the molecule is CC(OCCCNC(=O)COc1ccc2ccccc2c1)c1ccccc1. The second kappa shape index (κ2) is 9.74. The number of nitrogens with one attached hydrogen (secondary N) is 1. The molecule has 4 heteroatoms. The third-order valence-corrected chi connectivity index (χ3v) is 4.37. The number of hydrogen-bond donors (Lipinski definition) is 1. The first kappa shape index (κ1) is 18.9. The molecule has 0 aliphatic rings. The summed E-state index contributed by atoms with van der Waals surface area (Å²) >= 11 is 0. The highest BCUT2D eigenvalue weighted by atomic mass is 16.5. The standard InChI is InChI=1S/C23H25NO3/c1-18(19-8-3-2-4-9-19)26-15-7-14-24-23(25)17-27-22-13-12-20-10-5-6-11-21(20)16-22/h2-6,8-13,16,18H,7,14-15,17H2,1H3,(H,24,25). The van der Waals surface area contributed by atoms with E-state index in [1.165, 1.54) is 0 Å². The minimum Gasteiger partial charge on any atom is -0.484 e. The highest BCUT2D eigenvalue weighted by Gasteiger charge is 2.06. The van der Waals surface area contributed by atoms with Gasteiger partial charge in [0.1, 0.15) is 5.75 Å². The van der Waals surface area contributed by atoms with E-state index in [0.29, 0.717) is 18.9 Å². The second-order valence-electron chi connectivity index (χ2n) is 6.42. The predicted octanol–water partition coefficient (Wildman–Crippen LogP) is 4.50. The van der Waals surface area contributed by atoms with Gasteiger partial charge in [0.15, 0.2) is 6.61 Å². The van der Waals surface area contributed by atoms with Crippen molar-refractivity contribution in [1.82, 2.24) is 5.32 Å². The van der Waals surface area contributed by atoms with Crippen LogP contribution in [0.1, 0.15) is 25.0 Å². The molecule has 0 saturated heterocycles. The maximum Gasteiger partial charge on any atom is 0.257 e. The van der Waals surface area contributed by atoms with Crippen LogP contribution >= 0.6 is 0 Å². The summed E-state index contributed by atoms with van der Waals surface area (Å²) in [6.45, 7) is 3.22.